The molecule has 0 bridgehead atoms. The second kappa shape index (κ2) is 7.16. The van der Waals surface area contributed by atoms with E-state index in [4.69, 9.17) is 14.2 Å². The Balaban J connectivity index is 2.87. The molecule has 6 heteroatoms. The van der Waals surface area contributed by atoms with E-state index in [1.165, 1.54) is 7.11 Å². The van der Waals surface area contributed by atoms with Crippen LogP contribution in [0.4, 0.5) is 0 Å². The highest BCUT2D eigenvalue weighted by Gasteiger charge is 2.22. The van der Waals surface area contributed by atoms with Crippen molar-refractivity contribution in [3.8, 4) is 6.01 Å². The fourth-order valence-corrected chi connectivity index (χ4v) is 1.55. The molecule has 17 heavy (non-hydrogen) atoms. The van der Waals surface area contributed by atoms with Crippen molar-refractivity contribution in [1.29, 1.82) is 0 Å². The summed E-state index contributed by atoms with van der Waals surface area (Å²) in [5.41, 5.74) is 0.890. The number of likely N-dealkylation sites (N-methyl/N-ethyl adjacent to an activating group) is 1. The van der Waals surface area contributed by atoms with Gasteiger partial charge in [0.05, 0.1) is 13.2 Å². The van der Waals surface area contributed by atoms with Crippen LogP contribution < -0.4 is 10.1 Å². The molecular weight excluding hydrogens is 222 g/mol. The number of ether oxygens (including phenoxy) is 3. The largest absolute Gasteiger partial charge is 0.467 e. The van der Waals surface area contributed by atoms with E-state index < -0.39 is 0 Å². The molecule has 0 saturated heterocycles. The van der Waals surface area contributed by atoms with Gasteiger partial charge in [-0.15, -0.1) is 0 Å². The molecule has 0 spiro atoms. The number of rotatable bonds is 7. The molecule has 1 atom stereocenters. The van der Waals surface area contributed by atoms with E-state index in [1.54, 1.807) is 26.6 Å². The third-order valence-electron chi connectivity index (χ3n) is 2.35. The summed E-state index contributed by atoms with van der Waals surface area (Å²) in [6.07, 6.45) is 3.01. The molecule has 0 aromatic carbocycles. The lowest BCUT2D eigenvalue weighted by Crippen LogP contribution is -2.34. The second-order valence-corrected chi connectivity index (χ2v) is 3.38. The minimum atomic E-state index is -0.382. The highest BCUT2D eigenvalue weighted by Crippen LogP contribution is 2.19. The van der Waals surface area contributed by atoms with E-state index in [2.05, 4.69) is 15.3 Å². The molecule has 96 valence electrons. The normalized spacial score (nSPS) is 12.8. The predicted octanol–water partition coefficient (Wildman–Crippen LogP) is 0.755. The maximum atomic E-state index is 5.25. The van der Waals surface area contributed by atoms with Crippen molar-refractivity contribution in [2.75, 3.05) is 27.9 Å². The quantitative estimate of drug-likeness (QED) is 0.711. The number of hydrogen-bond donors (Lipinski definition) is 1. The van der Waals surface area contributed by atoms with E-state index in [9.17, 15) is 0 Å². The molecule has 1 N–H and O–H groups in total. The molecule has 0 amide bonds. The second-order valence-electron chi connectivity index (χ2n) is 3.38. The lowest BCUT2D eigenvalue weighted by molar-refractivity contribution is -0.124. The van der Waals surface area contributed by atoms with Crippen molar-refractivity contribution >= 4 is 0 Å². The summed E-state index contributed by atoms with van der Waals surface area (Å²) >= 11 is 0. The van der Waals surface area contributed by atoms with Crippen LogP contribution in [0.2, 0.25) is 0 Å². The van der Waals surface area contributed by atoms with Gasteiger partial charge in [0.25, 0.3) is 0 Å². The first-order valence-electron chi connectivity index (χ1n) is 5.41. The summed E-state index contributed by atoms with van der Waals surface area (Å²) in [6.45, 7) is 2.81. The topological polar surface area (TPSA) is 65.5 Å². The van der Waals surface area contributed by atoms with Crippen LogP contribution in [0.15, 0.2) is 12.4 Å². The molecular formula is C11H19N3O3. The van der Waals surface area contributed by atoms with Gasteiger partial charge >= 0.3 is 6.01 Å². The average molecular weight is 241 g/mol. The van der Waals surface area contributed by atoms with E-state index in [0.29, 0.717) is 6.01 Å². The predicted molar refractivity (Wildman–Crippen MR) is 62.8 cm³/mol. The van der Waals surface area contributed by atoms with Crippen LogP contribution in [-0.2, 0) is 9.47 Å². The standard InChI is InChI=1S/C11H19N3O3/c1-5-12-9(10(15-2)16-3)8-6-13-11(17-4)14-7-8/h6-7,9-10,12H,5H2,1-4H3. The van der Waals surface area contributed by atoms with Crippen LogP contribution in [0.5, 0.6) is 6.01 Å². The zero-order chi connectivity index (χ0) is 12.7. The van der Waals surface area contributed by atoms with Gasteiger partial charge < -0.3 is 19.5 Å². The zero-order valence-electron chi connectivity index (χ0n) is 10.6. The number of methoxy groups -OCH3 is 3. The average Bonchev–Trinajstić information content (AvgIpc) is 2.39. The lowest BCUT2D eigenvalue weighted by Gasteiger charge is -2.25. The van der Waals surface area contributed by atoms with Gasteiger partial charge in [-0.05, 0) is 6.54 Å². The molecule has 0 aliphatic carbocycles. The van der Waals surface area contributed by atoms with Crippen molar-refractivity contribution in [2.24, 2.45) is 0 Å². The summed E-state index contributed by atoms with van der Waals surface area (Å²) in [4.78, 5) is 8.13. The number of hydrogen-bond acceptors (Lipinski definition) is 6. The van der Waals surface area contributed by atoms with Crippen LogP contribution in [0.1, 0.15) is 18.5 Å². The van der Waals surface area contributed by atoms with Gasteiger partial charge in [-0.3, -0.25) is 0 Å². The molecule has 1 heterocycles. The minimum absolute atomic E-state index is 0.110. The Morgan fingerprint density at radius 2 is 1.76 bits per heavy atom. The maximum Gasteiger partial charge on any atom is 0.316 e. The van der Waals surface area contributed by atoms with Crippen LogP contribution in [0, 0.1) is 0 Å². The molecule has 1 aromatic rings. The Hall–Kier alpha value is -1.24. The van der Waals surface area contributed by atoms with Crippen LogP contribution in [-0.4, -0.2) is 44.1 Å². The molecule has 1 rings (SSSR count). The number of nitrogens with zero attached hydrogens (tertiary/aromatic N) is 2. The monoisotopic (exact) mass is 241 g/mol. The van der Waals surface area contributed by atoms with Gasteiger partial charge in [0.1, 0.15) is 0 Å². The lowest BCUT2D eigenvalue weighted by atomic mass is 10.1. The van der Waals surface area contributed by atoms with E-state index in [0.717, 1.165) is 12.1 Å². The van der Waals surface area contributed by atoms with E-state index >= 15 is 0 Å². The molecule has 0 fully saturated rings. The first-order chi connectivity index (χ1) is 8.26. The summed E-state index contributed by atoms with van der Waals surface area (Å²) in [5, 5.41) is 3.27. The third-order valence-corrected chi connectivity index (χ3v) is 2.35. The van der Waals surface area contributed by atoms with Crippen molar-refractivity contribution in [1.82, 2.24) is 15.3 Å². The van der Waals surface area contributed by atoms with E-state index in [1.807, 2.05) is 6.92 Å². The smallest absolute Gasteiger partial charge is 0.316 e. The van der Waals surface area contributed by atoms with Crippen LogP contribution in [0.25, 0.3) is 0 Å². The Kier molecular flexibility index (Phi) is 5.82. The van der Waals surface area contributed by atoms with Gasteiger partial charge in [0.2, 0.25) is 0 Å². The fraction of sp³-hybridized carbons (Fsp3) is 0.636. The molecule has 0 radical (unpaired) electrons. The van der Waals surface area contributed by atoms with Gasteiger partial charge in [0.15, 0.2) is 6.29 Å². The summed E-state index contributed by atoms with van der Waals surface area (Å²) in [5.74, 6) is 0. The Bertz CT molecular complexity index is 314. The molecule has 1 unspecified atom stereocenters. The Morgan fingerprint density at radius 3 is 2.18 bits per heavy atom. The highest BCUT2D eigenvalue weighted by molar-refractivity contribution is 5.13. The van der Waals surface area contributed by atoms with E-state index in [-0.39, 0.29) is 12.3 Å². The highest BCUT2D eigenvalue weighted by atomic mass is 16.7. The molecule has 1 aromatic heterocycles. The fourth-order valence-electron chi connectivity index (χ4n) is 1.55. The van der Waals surface area contributed by atoms with Gasteiger partial charge in [-0.1, -0.05) is 6.92 Å². The van der Waals surface area contributed by atoms with Crippen molar-refractivity contribution < 1.29 is 14.2 Å². The first kappa shape index (κ1) is 13.8. The third kappa shape index (κ3) is 3.62. The van der Waals surface area contributed by atoms with Gasteiger partial charge in [0, 0.05) is 32.2 Å². The summed E-state index contributed by atoms with van der Waals surface area (Å²) in [7, 11) is 4.73. The minimum Gasteiger partial charge on any atom is -0.467 e. The first-order valence-corrected chi connectivity index (χ1v) is 5.41. The maximum absolute atomic E-state index is 5.25. The number of aromatic nitrogens is 2. The molecule has 0 aliphatic rings. The zero-order valence-corrected chi connectivity index (χ0v) is 10.6. The SMILES string of the molecule is CCNC(c1cnc(OC)nc1)C(OC)OC. The Labute approximate surface area is 101 Å². The van der Waals surface area contributed by atoms with Crippen LogP contribution in [0.3, 0.4) is 0 Å². The summed E-state index contributed by atoms with van der Waals surface area (Å²) < 4.78 is 15.4. The number of nitrogens with one attached hydrogen (secondary N) is 1. The van der Waals surface area contributed by atoms with Crippen molar-refractivity contribution in [3.05, 3.63) is 18.0 Å². The van der Waals surface area contributed by atoms with Crippen molar-refractivity contribution in [2.45, 2.75) is 19.3 Å². The summed E-state index contributed by atoms with van der Waals surface area (Å²) in [6, 6.07) is 0.233. The molecule has 0 aliphatic heterocycles. The Morgan fingerprint density at radius 1 is 1.18 bits per heavy atom. The molecule has 0 saturated carbocycles. The van der Waals surface area contributed by atoms with Gasteiger partial charge in [-0.25, -0.2) is 9.97 Å². The molecule has 6 nitrogen and oxygen atoms in total. The van der Waals surface area contributed by atoms with Crippen LogP contribution >= 0.6 is 0 Å². The van der Waals surface area contributed by atoms with Crippen molar-refractivity contribution in [3.63, 3.8) is 0 Å². The van der Waals surface area contributed by atoms with Gasteiger partial charge in [-0.2, -0.15) is 0 Å².